The topological polar surface area (TPSA) is 50.4 Å². The van der Waals surface area contributed by atoms with E-state index in [9.17, 15) is 0 Å². The second-order valence-corrected chi connectivity index (χ2v) is 3.36. The maximum Gasteiger partial charge on any atom is 0.0565 e. The van der Waals surface area contributed by atoms with Gasteiger partial charge in [-0.25, -0.2) is 0 Å². The van der Waals surface area contributed by atoms with Gasteiger partial charge in [-0.05, 0) is 18.2 Å². The zero-order valence-electron chi connectivity index (χ0n) is 8.80. The number of nitrogens with two attached hydrogens (primary N) is 1. The molecule has 3 heteroatoms. The van der Waals surface area contributed by atoms with Gasteiger partial charge >= 0.3 is 0 Å². The number of nitrogens with zero attached hydrogens (tertiary/aromatic N) is 1. The molecule has 0 radical (unpaired) electrons. The number of hydrazone groups is 1. The summed E-state index contributed by atoms with van der Waals surface area (Å²) in [5.74, 6) is 0. The first-order valence-corrected chi connectivity index (χ1v) is 5.05. The summed E-state index contributed by atoms with van der Waals surface area (Å²) in [6.45, 7) is 0. The first-order chi connectivity index (χ1) is 7.86. The van der Waals surface area contributed by atoms with Crippen LogP contribution in [0.15, 0.2) is 59.7 Å². The van der Waals surface area contributed by atoms with Crippen LogP contribution in [-0.2, 0) is 0 Å². The average molecular weight is 211 g/mol. The Kier molecular flexibility index (Phi) is 3.18. The van der Waals surface area contributed by atoms with Crippen molar-refractivity contribution >= 4 is 17.6 Å². The van der Waals surface area contributed by atoms with Crippen LogP contribution in [0, 0.1) is 0 Å². The third-order valence-corrected chi connectivity index (χ3v) is 2.17. The van der Waals surface area contributed by atoms with Gasteiger partial charge in [0.05, 0.1) is 11.9 Å². The monoisotopic (exact) mass is 211 g/mol. The van der Waals surface area contributed by atoms with Crippen molar-refractivity contribution < 1.29 is 0 Å². The normalized spacial score (nSPS) is 10.5. The largest absolute Gasteiger partial charge is 0.398 e. The third-order valence-electron chi connectivity index (χ3n) is 2.17. The van der Waals surface area contributed by atoms with Crippen LogP contribution in [0.1, 0.15) is 5.56 Å². The molecule has 0 fully saturated rings. The SMILES string of the molecule is Nc1ccccc1C=NNc1ccccc1. The van der Waals surface area contributed by atoms with Crippen LogP contribution in [0.5, 0.6) is 0 Å². The molecule has 2 rings (SSSR count). The second-order valence-electron chi connectivity index (χ2n) is 3.36. The first kappa shape index (κ1) is 10.2. The van der Waals surface area contributed by atoms with E-state index in [0.717, 1.165) is 16.9 Å². The van der Waals surface area contributed by atoms with Crippen LogP contribution in [0.2, 0.25) is 0 Å². The minimum atomic E-state index is 0.723. The van der Waals surface area contributed by atoms with Gasteiger partial charge in [-0.15, -0.1) is 0 Å². The van der Waals surface area contributed by atoms with E-state index in [0.29, 0.717) is 0 Å². The molecule has 0 spiro atoms. The number of nitrogens with one attached hydrogen (secondary N) is 1. The molecule has 0 aliphatic rings. The number of hydrogen-bond donors (Lipinski definition) is 2. The van der Waals surface area contributed by atoms with Crippen molar-refractivity contribution in [2.45, 2.75) is 0 Å². The van der Waals surface area contributed by atoms with Crippen molar-refractivity contribution in [3.05, 3.63) is 60.2 Å². The van der Waals surface area contributed by atoms with Gasteiger partial charge in [-0.3, -0.25) is 5.43 Å². The number of rotatable bonds is 3. The van der Waals surface area contributed by atoms with Gasteiger partial charge in [0.25, 0.3) is 0 Å². The number of para-hydroxylation sites is 2. The first-order valence-electron chi connectivity index (χ1n) is 5.05. The quantitative estimate of drug-likeness (QED) is 0.466. The Morgan fingerprint density at radius 1 is 0.938 bits per heavy atom. The lowest BCUT2D eigenvalue weighted by atomic mass is 10.2. The number of nitrogen functional groups attached to an aromatic ring is 1. The number of benzene rings is 2. The Labute approximate surface area is 94.6 Å². The standard InChI is InChI=1S/C13H13N3/c14-13-9-5-4-6-11(13)10-15-16-12-7-2-1-3-8-12/h1-10,16H,14H2. The van der Waals surface area contributed by atoms with Crippen molar-refractivity contribution in [3.8, 4) is 0 Å². The smallest absolute Gasteiger partial charge is 0.0565 e. The molecule has 0 bridgehead atoms. The predicted molar refractivity (Wildman–Crippen MR) is 68.5 cm³/mol. The molecule has 0 aliphatic carbocycles. The highest BCUT2D eigenvalue weighted by Gasteiger charge is 1.92. The molecule has 2 aromatic carbocycles. The van der Waals surface area contributed by atoms with E-state index >= 15 is 0 Å². The minimum absolute atomic E-state index is 0.723. The van der Waals surface area contributed by atoms with Crippen molar-refractivity contribution in [1.29, 1.82) is 0 Å². The van der Waals surface area contributed by atoms with Crippen LogP contribution in [0.4, 0.5) is 11.4 Å². The van der Waals surface area contributed by atoms with Gasteiger partial charge in [0, 0.05) is 11.3 Å². The summed E-state index contributed by atoms with van der Waals surface area (Å²) in [7, 11) is 0. The number of anilines is 2. The van der Waals surface area contributed by atoms with Gasteiger partial charge in [0.2, 0.25) is 0 Å². The molecule has 3 nitrogen and oxygen atoms in total. The summed E-state index contributed by atoms with van der Waals surface area (Å²) in [5.41, 5.74) is 11.3. The van der Waals surface area contributed by atoms with Crippen LogP contribution in [-0.4, -0.2) is 6.21 Å². The van der Waals surface area contributed by atoms with Crippen molar-refractivity contribution in [3.63, 3.8) is 0 Å². The highest BCUT2D eigenvalue weighted by atomic mass is 15.3. The van der Waals surface area contributed by atoms with Crippen LogP contribution >= 0.6 is 0 Å². The molecule has 0 amide bonds. The molecule has 0 atom stereocenters. The summed E-state index contributed by atoms with van der Waals surface area (Å²) >= 11 is 0. The summed E-state index contributed by atoms with van der Waals surface area (Å²) in [6, 6.07) is 17.4. The average Bonchev–Trinajstić information content (AvgIpc) is 2.33. The Morgan fingerprint density at radius 2 is 1.62 bits per heavy atom. The highest BCUT2D eigenvalue weighted by Crippen LogP contribution is 2.08. The van der Waals surface area contributed by atoms with E-state index in [1.54, 1.807) is 6.21 Å². The Hall–Kier alpha value is -2.29. The molecule has 0 unspecified atom stereocenters. The van der Waals surface area contributed by atoms with E-state index in [4.69, 9.17) is 5.73 Å². The summed E-state index contributed by atoms with van der Waals surface area (Å²) in [6.07, 6.45) is 1.71. The minimum Gasteiger partial charge on any atom is -0.398 e. The Balaban J connectivity index is 2.03. The molecule has 0 saturated carbocycles. The lowest BCUT2D eigenvalue weighted by Gasteiger charge is -2.00. The predicted octanol–water partition coefficient (Wildman–Crippen LogP) is 2.71. The van der Waals surface area contributed by atoms with E-state index in [1.165, 1.54) is 0 Å². The van der Waals surface area contributed by atoms with Crippen molar-refractivity contribution in [1.82, 2.24) is 0 Å². The maximum atomic E-state index is 5.78. The lowest BCUT2D eigenvalue weighted by molar-refractivity contribution is 1.35. The van der Waals surface area contributed by atoms with E-state index in [-0.39, 0.29) is 0 Å². The summed E-state index contributed by atoms with van der Waals surface area (Å²) in [5, 5.41) is 4.12. The zero-order chi connectivity index (χ0) is 11.2. The molecule has 0 heterocycles. The fourth-order valence-electron chi connectivity index (χ4n) is 1.32. The van der Waals surface area contributed by atoms with Crippen LogP contribution in [0.25, 0.3) is 0 Å². The zero-order valence-corrected chi connectivity index (χ0v) is 8.80. The van der Waals surface area contributed by atoms with Gasteiger partial charge < -0.3 is 5.73 Å². The molecule has 16 heavy (non-hydrogen) atoms. The summed E-state index contributed by atoms with van der Waals surface area (Å²) in [4.78, 5) is 0. The highest BCUT2D eigenvalue weighted by molar-refractivity contribution is 5.87. The summed E-state index contributed by atoms with van der Waals surface area (Å²) < 4.78 is 0. The molecule has 0 aromatic heterocycles. The van der Waals surface area contributed by atoms with E-state index in [2.05, 4.69) is 10.5 Å². The Bertz CT molecular complexity index is 478. The fourth-order valence-corrected chi connectivity index (χ4v) is 1.32. The third kappa shape index (κ3) is 2.60. The molecule has 0 saturated heterocycles. The van der Waals surface area contributed by atoms with Gasteiger partial charge in [0.15, 0.2) is 0 Å². The van der Waals surface area contributed by atoms with E-state index in [1.807, 2.05) is 54.6 Å². The number of hydrogen-bond acceptors (Lipinski definition) is 3. The Morgan fingerprint density at radius 3 is 2.38 bits per heavy atom. The van der Waals surface area contributed by atoms with Gasteiger partial charge in [-0.1, -0.05) is 36.4 Å². The molecule has 3 N–H and O–H groups in total. The van der Waals surface area contributed by atoms with E-state index < -0.39 is 0 Å². The lowest BCUT2D eigenvalue weighted by Crippen LogP contribution is -1.94. The fraction of sp³-hybridized carbons (Fsp3) is 0. The van der Waals surface area contributed by atoms with Crippen LogP contribution in [0.3, 0.4) is 0 Å². The molecule has 2 aromatic rings. The molecule has 0 aliphatic heterocycles. The molecule has 80 valence electrons. The van der Waals surface area contributed by atoms with Gasteiger partial charge in [-0.2, -0.15) is 5.10 Å². The van der Waals surface area contributed by atoms with Crippen LogP contribution < -0.4 is 11.2 Å². The van der Waals surface area contributed by atoms with Gasteiger partial charge in [0.1, 0.15) is 0 Å². The molecular weight excluding hydrogens is 198 g/mol. The van der Waals surface area contributed by atoms with Crippen molar-refractivity contribution in [2.24, 2.45) is 5.10 Å². The maximum absolute atomic E-state index is 5.78. The molecular formula is C13H13N3. The van der Waals surface area contributed by atoms with Crippen molar-refractivity contribution in [2.75, 3.05) is 11.2 Å². The second kappa shape index (κ2) is 4.98.